The van der Waals surface area contributed by atoms with Gasteiger partial charge in [0.05, 0.1) is 20.6 Å². The lowest BCUT2D eigenvalue weighted by molar-refractivity contribution is -0.145. The number of hydrogen-bond donors (Lipinski definition) is 1. The summed E-state index contributed by atoms with van der Waals surface area (Å²) in [4.78, 5) is 35.3. The zero-order valence-electron chi connectivity index (χ0n) is 16.6. The van der Waals surface area contributed by atoms with Crippen molar-refractivity contribution in [3.63, 3.8) is 0 Å². The minimum atomic E-state index is -0.866. The van der Waals surface area contributed by atoms with Crippen LogP contribution in [0, 0.1) is 0 Å². The van der Waals surface area contributed by atoms with Crippen molar-refractivity contribution in [3.8, 4) is 5.75 Å². The monoisotopic (exact) mass is 399 g/mol. The second-order valence-corrected chi connectivity index (χ2v) is 6.35. The molecule has 2 aromatic rings. The van der Waals surface area contributed by atoms with Gasteiger partial charge in [0.15, 0.2) is 0 Å². The summed E-state index contributed by atoms with van der Waals surface area (Å²) in [5, 5.41) is 2.61. The van der Waals surface area contributed by atoms with Crippen LogP contribution in [0.5, 0.6) is 5.75 Å². The van der Waals surface area contributed by atoms with E-state index in [1.165, 1.54) is 14.2 Å². The maximum atomic E-state index is 12.1. The molecule has 0 aliphatic carbocycles. The highest BCUT2D eigenvalue weighted by atomic mass is 16.5. The molecular formula is C22H25NO6. The summed E-state index contributed by atoms with van der Waals surface area (Å²) in [7, 11) is 2.51. The van der Waals surface area contributed by atoms with Gasteiger partial charge < -0.3 is 19.5 Å². The molecule has 0 spiro atoms. The van der Waals surface area contributed by atoms with Crippen molar-refractivity contribution in [1.82, 2.24) is 5.32 Å². The van der Waals surface area contributed by atoms with Gasteiger partial charge in [-0.2, -0.15) is 0 Å². The van der Waals surface area contributed by atoms with Gasteiger partial charge in [-0.15, -0.1) is 0 Å². The molecule has 0 fully saturated rings. The zero-order valence-corrected chi connectivity index (χ0v) is 16.6. The number of nitrogens with one attached hydrogen (secondary N) is 1. The Balaban J connectivity index is 1.98. The second kappa shape index (κ2) is 11.5. The summed E-state index contributed by atoms with van der Waals surface area (Å²) in [5.41, 5.74) is 1.85. The molecule has 2 rings (SSSR count). The average Bonchev–Trinajstić information content (AvgIpc) is 2.76. The molecular weight excluding hydrogens is 374 g/mol. The largest absolute Gasteiger partial charge is 0.489 e. The van der Waals surface area contributed by atoms with Gasteiger partial charge in [0, 0.05) is 12.8 Å². The molecule has 0 aliphatic rings. The average molecular weight is 399 g/mol. The number of hydrogen-bond acceptors (Lipinski definition) is 6. The molecule has 1 N–H and O–H groups in total. The molecule has 154 valence electrons. The molecule has 0 aliphatic heterocycles. The molecule has 0 unspecified atom stereocenters. The van der Waals surface area contributed by atoms with Crippen LogP contribution in [0.4, 0.5) is 0 Å². The van der Waals surface area contributed by atoms with Gasteiger partial charge in [-0.05, 0) is 23.3 Å². The van der Waals surface area contributed by atoms with E-state index in [0.717, 1.165) is 11.1 Å². The lowest BCUT2D eigenvalue weighted by Crippen LogP contribution is -2.43. The summed E-state index contributed by atoms with van der Waals surface area (Å²) in [6, 6.07) is 16.2. The van der Waals surface area contributed by atoms with E-state index in [9.17, 15) is 14.4 Å². The Morgan fingerprint density at radius 1 is 0.897 bits per heavy atom. The molecule has 0 bridgehead atoms. The third kappa shape index (κ3) is 7.65. The first-order chi connectivity index (χ1) is 14.0. The SMILES string of the molecule is COC(=O)CCC(=O)N[C@@H](Cc1cccc(OCc2ccccc2)c1)C(=O)OC. The first-order valence-corrected chi connectivity index (χ1v) is 9.21. The van der Waals surface area contributed by atoms with Gasteiger partial charge in [0.25, 0.3) is 0 Å². The van der Waals surface area contributed by atoms with Crippen LogP contribution in [-0.2, 0) is 36.9 Å². The van der Waals surface area contributed by atoms with E-state index in [0.29, 0.717) is 12.4 Å². The summed E-state index contributed by atoms with van der Waals surface area (Å²) in [6.45, 7) is 0.426. The molecule has 0 saturated carbocycles. The molecule has 7 nitrogen and oxygen atoms in total. The molecule has 1 atom stereocenters. The fourth-order valence-corrected chi connectivity index (χ4v) is 2.66. The Bertz CT molecular complexity index is 821. The Labute approximate surface area is 170 Å². The smallest absolute Gasteiger partial charge is 0.328 e. The highest BCUT2D eigenvalue weighted by Gasteiger charge is 2.22. The number of carbonyl (C=O) groups excluding carboxylic acids is 3. The highest BCUT2D eigenvalue weighted by molar-refractivity contribution is 5.86. The number of amides is 1. The van der Waals surface area contributed by atoms with Crippen molar-refractivity contribution >= 4 is 17.8 Å². The first-order valence-electron chi connectivity index (χ1n) is 9.21. The van der Waals surface area contributed by atoms with Crippen LogP contribution in [0.15, 0.2) is 54.6 Å². The van der Waals surface area contributed by atoms with Crippen molar-refractivity contribution in [3.05, 3.63) is 65.7 Å². The first kappa shape index (κ1) is 21.9. The minimum Gasteiger partial charge on any atom is -0.489 e. The van der Waals surface area contributed by atoms with Crippen LogP contribution < -0.4 is 10.1 Å². The van der Waals surface area contributed by atoms with Gasteiger partial charge in [-0.1, -0.05) is 42.5 Å². The predicted octanol–water partition coefficient (Wildman–Crippen LogP) is 2.42. The topological polar surface area (TPSA) is 90.9 Å². The molecule has 0 radical (unpaired) electrons. The lowest BCUT2D eigenvalue weighted by atomic mass is 10.1. The van der Waals surface area contributed by atoms with E-state index >= 15 is 0 Å². The van der Waals surface area contributed by atoms with Crippen LogP contribution in [0.3, 0.4) is 0 Å². The van der Waals surface area contributed by atoms with E-state index < -0.39 is 23.9 Å². The van der Waals surface area contributed by atoms with E-state index in [1.54, 1.807) is 0 Å². The Hall–Kier alpha value is -3.35. The fraction of sp³-hybridized carbons (Fsp3) is 0.318. The summed E-state index contributed by atoms with van der Waals surface area (Å²) in [5.74, 6) is -0.820. The molecule has 7 heteroatoms. The predicted molar refractivity (Wildman–Crippen MR) is 106 cm³/mol. The van der Waals surface area contributed by atoms with Gasteiger partial charge in [-0.3, -0.25) is 9.59 Å². The number of ether oxygens (including phenoxy) is 3. The quantitative estimate of drug-likeness (QED) is 0.617. The van der Waals surface area contributed by atoms with Crippen LogP contribution in [0.25, 0.3) is 0 Å². The van der Waals surface area contributed by atoms with Crippen molar-refractivity contribution < 1.29 is 28.6 Å². The van der Waals surface area contributed by atoms with Crippen molar-refractivity contribution in [1.29, 1.82) is 0 Å². The molecule has 2 aromatic carbocycles. The zero-order chi connectivity index (χ0) is 21.1. The van der Waals surface area contributed by atoms with Gasteiger partial charge in [-0.25, -0.2) is 4.79 Å². The van der Waals surface area contributed by atoms with Gasteiger partial charge in [0.2, 0.25) is 5.91 Å². The maximum absolute atomic E-state index is 12.1. The van der Waals surface area contributed by atoms with Crippen LogP contribution in [0.2, 0.25) is 0 Å². The van der Waals surface area contributed by atoms with Gasteiger partial charge >= 0.3 is 11.9 Å². The number of esters is 2. The van der Waals surface area contributed by atoms with Crippen LogP contribution in [0.1, 0.15) is 24.0 Å². The number of rotatable bonds is 10. The Morgan fingerprint density at radius 2 is 1.62 bits per heavy atom. The van der Waals surface area contributed by atoms with Crippen molar-refractivity contribution in [2.75, 3.05) is 14.2 Å². The van der Waals surface area contributed by atoms with Gasteiger partial charge in [0.1, 0.15) is 18.4 Å². The lowest BCUT2D eigenvalue weighted by Gasteiger charge is -2.17. The van der Waals surface area contributed by atoms with E-state index in [4.69, 9.17) is 9.47 Å². The number of methoxy groups -OCH3 is 2. The van der Waals surface area contributed by atoms with Crippen LogP contribution in [-0.4, -0.2) is 38.1 Å². The Morgan fingerprint density at radius 3 is 2.31 bits per heavy atom. The van der Waals surface area contributed by atoms with E-state index in [2.05, 4.69) is 10.1 Å². The molecule has 0 heterocycles. The molecule has 0 aromatic heterocycles. The van der Waals surface area contributed by atoms with Crippen molar-refractivity contribution in [2.45, 2.75) is 31.9 Å². The molecule has 1 amide bonds. The standard InChI is InChI=1S/C22H25NO6/c1-27-21(25)12-11-20(24)23-19(22(26)28-2)14-17-9-6-10-18(13-17)29-15-16-7-4-3-5-8-16/h3-10,13,19H,11-12,14-15H2,1-2H3,(H,23,24)/t19-/m0/s1. The van der Waals surface area contributed by atoms with Crippen molar-refractivity contribution in [2.24, 2.45) is 0 Å². The molecule has 0 saturated heterocycles. The molecule has 29 heavy (non-hydrogen) atoms. The van der Waals surface area contributed by atoms with E-state index in [-0.39, 0.29) is 19.3 Å². The third-order valence-corrected chi connectivity index (χ3v) is 4.19. The summed E-state index contributed by atoms with van der Waals surface area (Å²) >= 11 is 0. The highest BCUT2D eigenvalue weighted by Crippen LogP contribution is 2.17. The summed E-state index contributed by atoms with van der Waals surface area (Å²) in [6.07, 6.45) is 0.110. The fourth-order valence-electron chi connectivity index (χ4n) is 2.66. The minimum absolute atomic E-state index is 0.0565. The summed E-state index contributed by atoms with van der Waals surface area (Å²) < 4.78 is 15.1. The third-order valence-electron chi connectivity index (χ3n) is 4.19. The Kier molecular flexibility index (Phi) is 8.69. The number of benzene rings is 2. The van der Waals surface area contributed by atoms with E-state index in [1.807, 2.05) is 54.6 Å². The van der Waals surface area contributed by atoms with Crippen LogP contribution >= 0.6 is 0 Å². The second-order valence-electron chi connectivity index (χ2n) is 6.35. The normalized spacial score (nSPS) is 11.2. The number of carbonyl (C=O) groups is 3. The maximum Gasteiger partial charge on any atom is 0.328 e.